The predicted octanol–water partition coefficient (Wildman–Crippen LogP) is 1.18. The number of rotatable bonds is 9. The fourth-order valence-corrected chi connectivity index (χ4v) is 3.51. The molecule has 2 aliphatic rings. The second kappa shape index (κ2) is 10.6. The lowest BCUT2D eigenvalue weighted by molar-refractivity contribution is -0.138. The van der Waals surface area contributed by atoms with Gasteiger partial charge in [-0.05, 0) is 34.1 Å². The summed E-state index contributed by atoms with van der Waals surface area (Å²) in [6, 6.07) is -1.21. The summed E-state index contributed by atoms with van der Waals surface area (Å²) in [7, 11) is -0.666. The van der Waals surface area contributed by atoms with Crippen molar-refractivity contribution in [3.05, 3.63) is 0 Å². The third-order valence-electron chi connectivity index (χ3n) is 6.15. The number of ether oxygens (including phenoxy) is 1. The third-order valence-corrected chi connectivity index (χ3v) is 6.15. The predicted molar refractivity (Wildman–Crippen MR) is 115 cm³/mol. The molecule has 2 heterocycles. The van der Waals surface area contributed by atoms with E-state index in [0.29, 0.717) is 32.7 Å². The summed E-state index contributed by atoms with van der Waals surface area (Å²) in [6.07, 6.45) is 0.727. The number of hydrogen-bond donors (Lipinski definition) is 3. The highest BCUT2D eigenvalue weighted by Gasteiger charge is 2.54. The highest BCUT2D eigenvalue weighted by atomic mass is 16.7. The second-order valence-electron chi connectivity index (χ2n) is 9.08. The van der Waals surface area contributed by atoms with Crippen LogP contribution >= 0.6 is 0 Å². The molecular formula is C20H36BN3O7. The van der Waals surface area contributed by atoms with E-state index in [1.54, 1.807) is 4.90 Å². The summed E-state index contributed by atoms with van der Waals surface area (Å²) in [6.45, 7) is 11.5. The number of carbonyl (C=O) groups is 3. The Morgan fingerprint density at radius 1 is 1.06 bits per heavy atom. The Bertz CT molecular complexity index is 637. The lowest BCUT2D eigenvalue weighted by atomic mass is 9.75. The van der Waals surface area contributed by atoms with Crippen molar-refractivity contribution in [3.8, 4) is 0 Å². The zero-order chi connectivity index (χ0) is 23.2. The third kappa shape index (κ3) is 6.82. The average Bonchev–Trinajstić information content (AvgIpc) is 2.91. The Balaban J connectivity index is 2.09. The summed E-state index contributed by atoms with van der Waals surface area (Å²) >= 11 is 0. The number of hydrogen-bond acceptors (Lipinski definition) is 6. The molecule has 0 saturated carbocycles. The van der Waals surface area contributed by atoms with Gasteiger partial charge >= 0.3 is 13.2 Å². The van der Waals surface area contributed by atoms with Crippen LogP contribution in [0.3, 0.4) is 0 Å². The van der Waals surface area contributed by atoms with Crippen LogP contribution in [0.2, 0.25) is 0 Å². The minimum Gasteiger partial charge on any atom is -0.465 e. The van der Waals surface area contributed by atoms with Gasteiger partial charge in [0, 0.05) is 13.1 Å². The molecule has 2 saturated heterocycles. The topological polar surface area (TPSA) is 126 Å². The molecule has 3 amide bonds. The Kier molecular flexibility index (Phi) is 8.73. The molecule has 2 atom stereocenters. The largest absolute Gasteiger partial charge is 0.481 e. The number of nitrogens with one attached hydrogen (secondary N) is 2. The summed E-state index contributed by atoms with van der Waals surface area (Å²) in [5.41, 5.74) is -1.12. The van der Waals surface area contributed by atoms with Crippen LogP contribution in [0.5, 0.6) is 0 Å². The van der Waals surface area contributed by atoms with Gasteiger partial charge in [0.2, 0.25) is 11.8 Å². The molecule has 0 unspecified atom stereocenters. The van der Waals surface area contributed by atoms with Gasteiger partial charge in [0.05, 0.1) is 36.8 Å². The molecule has 2 fully saturated rings. The first-order valence-electron chi connectivity index (χ1n) is 11.0. The first-order chi connectivity index (χ1) is 14.5. The van der Waals surface area contributed by atoms with Crippen LogP contribution in [0.1, 0.15) is 60.3 Å². The van der Waals surface area contributed by atoms with Crippen LogP contribution in [0.4, 0.5) is 4.79 Å². The highest BCUT2D eigenvalue weighted by molar-refractivity contribution is 6.48. The van der Waals surface area contributed by atoms with Gasteiger partial charge in [0.25, 0.3) is 0 Å². The van der Waals surface area contributed by atoms with E-state index in [2.05, 4.69) is 10.6 Å². The monoisotopic (exact) mass is 441 g/mol. The van der Waals surface area contributed by atoms with Gasteiger partial charge in [-0.2, -0.15) is 0 Å². The maximum Gasteiger partial charge on any atom is 0.481 e. The summed E-state index contributed by atoms with van der Waals surface area (Å²) in [5.74, 6) is -1.33. The van der Waals surface area contributed by atoms with Crippen LogP contribution in [0, 0.1) is 0 Å². The first kappa shape index (κ1) is 25.4. The van der Waals surface area contributed by atoms with Crippen LogP contribution in [-0.2, 0) is 23.6 Å². The minimum absolute atomic E-state index is 0.262. The van der Waals surface area contributed by atoms with Gasteiger partial charge in [-0.1, -0.05) is 19.8 Å². The summed E-state index contributed by atoms with van der Waals surface area (Å²) < 4.78 is 17.4. The van der Waals surface area contributed by atoms with Crippen molar-refractivity contribution in [2.45, 2.75) is 83.5 Å². The van der Waals surface area contributed by atoms with E-state index in [0.717, 1.165) is 12.8 Å². The molecule has 0 aromatic rings. The Morgan fingerprint density at radius 3 is 2.16 bits per heavy atom. The summed E-state index contributed by atoms with van der Waals surface area (Å²) in [5, 5.41) is 14.2. The first-order valence-corrected chi connectivity index (χ1v) is 11.0. The molecule has 0 aliphatic carbocycles. The van der Waals surface area contributed by atoms with Crippen LogP contribution in [-0.4, -0.2) is 84.5 Å². The van der Waals surface area contributed by atoms with Crippen molar-refractivity contribution >= 4 is 25.0 Å². The molecule has 0 spiro atoms. The van der Waals surface area contributed by atoms with E-state index >= 15 is 0 Å². The maximum atomic E-state index is 13.0. The molecule has 10 nitrogen and oxygen atoms in total. The molecule has 31 heavy (non-hydrogen) atoms. The fourth-order valence-electron chi connectivity index (χ4n) is 3.51. The van der Waals surface area contributed by atoms with Crippen LogP contribution in [0.25, 0.3) is 0 Å². The molecule has 11 heteroatoms. The van der Waals surface area contributed by atoms with E-state index in [-0.39, 0.29) is 12.3 Å². The van der Waals surface area contributed by atoms with Gasteiger partial charge in [-0.3, -0.25) is 9.59 Å². The number of amides is 3. The number of carbonyl (C=O) groups excluding carboxylic acids is 2. The number of carboxylic acid groups (broad SMARTS) is 1. The molecule has 3 N–H and O–H groups in total. The van der Waals surface area contributed by atoms with E-state index in [4.69, 9.17) is 14.0 Å². The van der Waals surface area contributed by atoms with Gasteiger partial charge < -0.3 is 34.7 Å². The van der Waals surface area contributed by atoms with E-state index in [1.165, 1.54) is 0 Å². The van der Waals surface area contributed by atoms with Crippen LogP contribution < -0.4 is 10.6 Å². The van der Waals surface area contributed by atoms with E-state index < -0.39 is 42.3 Å². The van der Waals surface area contributed by atoms with E-state index in [9.17, 15) is 19.5 Å². The zero-order valence-corrected chi connectivity index (χ0v) is 19.2. The second-order valence-corrected chi connectivity index (χ2v) is 9.08. The normalized spacial score (nSPS) is 22.0. The molecular weight excluding hydrogens is 405 g/mol. The van der Waals surface area contributed by atoms with Crippen molar-refractivity contribution in [2.75, 3.05) is 26.3 Å². The molecule has 0 aromatic carbocycles. The maximum absolute atomic E-state index is 13.0. The fraction of sp³-hybridized carbons (Fsp3) is 0.850. The average molecular weight is 441 g/mol. The van der Waals surface area contributed by atoms with Crippen molar-refractivity contribution in [1.29, 1.82) is 0 Å². The Hall–Kier alpha value is -1.85. The van der Waals surface area contributed by atoms with Crippen LogP contribution in [0.15, 0.2) is 0 Å². The molecule has 0 radical (unpaired) electrons. The lowest BCUT2D eigenvalue weighted by Gasteiger charge is -2.32. The Labute approximate surface area is 184 Å². The molecule has 2 aliphatic heterocycles. The van der Waals surface area contributed by atoms with Crippen molar-refractivity contribution in [3.63, 3.8) is 0 Å². The van der Waals surface area contributed by atoms with Crippen molar-refractivity contribution in [1.82, 2.24) is 15.5 Å². The van der Waals surface area contributed by atoms with Gasteiger partial charge in [-0.25, -0.2) is 4.79 Å². The standard InChI is InChI=1S/C20H36BN3O7/c1-6-7-8-15(21-30-19(2,3)20(4,5)31-21)23-17(26)14(22-18(27)28)13-16(25)24-9-11-29-12-10-24/h14-15,22H,6-13H2,1-5H3,(H,23,26)(H,27,28)/t14-,15+/m1/s1. The quantitative estimate of drug-likeness (QED) is 0.459. The smallest absolute Gasteiger partial charge is 0.465 e. The molecule has 2 rings (SSSR count). The van der Waals surface area contributed by atoms with E-state index in [1.807, 2.05) is 34.6 Å². The highest BCUT2D eigenvalue weighted by Crippen LogP contribution is 2.38. The SMILES string of the molecule is CCCC[C@H](NC(=O)[C@@H](CC(=O)N1CCOCC1)NC(=O)O)B1OC(C)(C)C(C)(C)O1. The van der Waals surface area contributed by atoms with Gasteiger partial charge in [0.1, 0.15) is 6.04 Å². The molecule has 176 valence electrons. The number of morpholine rings is 1. The molecule has 0 aromatic heterocycles. The van der Waals surface area contributed by atoms with Crippen molar-refractivity contribution < 1.29 is 33.5 Å². The van der Waals surface area contributed by atoms with Crippen molar-refractivity contribution in [2.24, 2.45) is 0 Å². The zero-order valence-electron chi connectivity index (χ0n) is 19.2. The number of unbranched alkanes of at least 4 members (excludes halogenated alkanes) is 1. The number of nitrogens with zero attached hydrogens (tertiary/aromatic N) is 1. The van der Waals surface area contributed by atoms with Gasteiger partial charge in [0.15, 0.2) is 0 Å². The molecule has 0 bridgehead atoms. The summed E-state index contributed by atoms with van der Waals surface area (Å²) in [4.78, 5) is 38.4. The Morgan fingerprint density at radius 2 is 1.65 bits per heavy atom. The minimum atomic E-state index is -1.37. The lowest BCUT2D eigenvalue weighted by Crippen LogP contribution is -2.56. The van der Waals surface area contributed by atoms with Gasteiger partial charge in [-0.15, -0.1) is 0 Å².